The highest BCUT2D eigenvalue weighted by Crippen LogP contribution is 2.29. The standard InChI is InChI=1S/C21H34FN3O3S/c1-15(23-29(27)21(5,6)7)17-14-16(22)8-9-18(17)24-10-12-25(13-11-24)19(26)28-20(2,3)4/h8-9,14-15,23H,10-13H2,1-7H3/t15-,29-/m1/s1. The normalized spacial score (nSPS) is 17.8. The third-order valence-corrected chi connectivity index (χ3v) is 6.25. The Morgan fingerprint density at radius 2 is 1.72 bits per heavy atom. The number of ether oxygens (including phenoxy) is 1. The molecule has 1 aromatic rings. The van der Waals surface area contributed by atoms with E-state index in [1.165, 1.54) is 12.1 Å². The fraction of sp³-hybridized carbons (Fsp3) is 0.667. The second-order valence-corrected chi connectivity index (χ2v) is 11.4. The first-order valence-corrected chi connectivity index (χ1v) is 11.1. The van der Waals surface area contributed by atoms with E-state index in [9.17, 15) is 13.4 Å². The molecular weight excluding hydrogens is 393 g/mol. The number of rotatable bonds is 4. The highest BCUT2D eigenvalue weighted by atomic mass is 32.2. The van der Waals surface area contributed by atoms with Crippen LogP contribution >= 0.6 is 0 Å². The van der Waals surface area contributed by atoms with Crippen molar-refractivity contribution in [2.24, 2.45) is 0 Å². The summed E-state index contributed by atoms with van der Waals surface area (Å²) in [5.74, 6) is -0.327. The number of nitrogens with zero attached hydrogens (tertiary/aromatic N) is 2. The molecule has 0 bridgehead atoms. The van der Waals surface area contributed by atoms with Crippen molar-refractivity contribution in [1.82, 2.24) is 9.62 Å². The number of hydrogen-bond donors (Lipinski definition) is 1. The van der Waals surface area contributed by atoms with E-state index in [0.29, 0.717) is 26.2 Å². The molecule has 0 radical (unpaired) electrons. The Morgan fingerprint density at radius 1 is 1.14 bits per heavy atom. The van der Waals surface area contributed by atoms with Crippen LogP contribution < -0.4 is 9.62 Å². The number of hydrogen-bond acceptors (Lipinski definition) is 4. The second kappa shape index (κ2) is 9.00. The Hall–Kier alpha value is -1.67. The molecule has 0 unspecified atom stereocenters. The molecule has 29 heavy (non-hydrogen) atoms. The Morgan fingerprint density at radius 3 is 2.24 bits per heavy atom. The predicted molar refractivity (Wildman–Crippen MR) is 116 cm³/mol. The average molecular weight is 428 g/mol. The van der Waals surface area contributed by atoms with Gasteiger partial charge in [-0.05, 0) is 72.2 Å². The largest absolute Gasteiger partial charge is 0.444 e. The maximum absolute atomic E-state index is 14.0. The predicted octanol–water partition coefficient (Wildman–Crippen LogP) is 4.00. The zero-order valence-electron chi connectivity index (χ0n) is 18.5. The van der Waals surface area contributed by atoms with Crippen LogP contribution in [0, 0.1) is 5.82 Å². The van der Waals surface area contributed by atoms with Crippen molar-refractivity contribution < 1.29 is 18.1 Å². The Kier molecular flexibility index (Phi) is 7.32. The molecule has 1 amide bonds. The van der Waals surface area contributed by atoms with Gasteiger partial charge in [0.25, 0.3) is 0 Å². The molecule has 2 atom stereocenters. The van der Waals surface area contributed by atoms with Gasteiger partial charge in [-0.1, -0.05) is 0 Å². The summed E-state index contributed by atoms with van der Waals surface area (Å²) in [6.45, 7) is 15.4. The molecule has 0 spiro atoms. The van der Waals surface area contributed by atoms with Crippen molar-refractivity contribution in [2.45, 2.75) is 64.9 Å². The van der Waals surface area contributed by atoms with E-state index in [4.69, 9.17) is 4.74 Å². The van der Waals surface area contributed by atoms with Crippen molar-refractivity contribution in [2.75, 3.05) is 31.1 Å². The highest BCUT2D eigenvalue weighted by molar-refractivity contribution is 7.84. The quantitative estimate of drug-likeness (QED) is 0.789. The summed E-state index contributed by atoms with van der Waals surface area (Å²) < 4.78 is 34.6. The maximum atomic E-state index is 14.0. The van der Waals surface area contributed by atoms with Gasteiger partial charge >= 0.3 is 6.09 Å². The number of piperazine rings is 1. The highest BCUT2D eigenvalue weighted by Gasteiger charge is 2.28. The lowest BCUT2D eigenvalue weighted by Gasteiger charge is -2.38. The van der Waals surface area contributed by atoms with Crippen molar-refractivity contribution >= 4 is 22.8 Å². The molecule has 1 fully saturated rings. The minimum Gasteiger partial charge on any atom is -0.444 e. The summed E-state index contributed by atoms with van der Waals surface area (Å²) in [4.78, 5) is 16.1. The van der Waals surface area contributed by atoms with Gasteiger partial charge < -0.3 is 14.5 Å². The minimum absolute atomic E-state index is 0.287. The minimum atomic E-state index is -1.27. The number of halogens is 1. The van der Waals surface area contributed by atoms with Crippen molar-refractivity contribution in [1.29, 1.82) is 0 Å². The first kappa shape index (κ1) is 23.6. The fourth-order valence-corrected chi connectivity index (χ4v) is 3.82. The summed E-state index contributed by atoms with van der Waals surface area (Å²) >= 11 is 0. The van der Waals surface area contributed by atoms with Crippen LogP contribution in [-0.2, 0) is 15.7 Å². The third kappa shape index (κ3) is 6.67. The van der Waals surface area contributed by atoms with E-state index in [-0.39, 0.29) is 18.0 Å². The summed E-state index contributed by atoms with van der Waals surface area (Å²) in [6.07, 6.45) is -0.313. The van der Waals surface area contributed by atoms with Crippen LogP contribution in [0.25, 0.3) is 0 Å². The van der Waals surface area contributed by atoms with E-state index < -0.39 is 21.3 Å². The summed E-state index contributed by atoms with van der Waals surface area (Å²) in [7, 11) is -1.27. The van der Waals surface area contributed by atoms with Crippen LogP contribution in [0.1, 0.15) is 60.1 Å². The van der Waals surface area contributed by atoms with E-state index in [0.717, 1.165) is 11.3 Å². The van der Waals surface area contributed by atoms with Gasteiger partial charge in [-0.15, -0.1) is 0 Å². The van der Waals surface area contributed by atoms with E-state index in [1.807, 2.05) is 48.5 Å². The van der Waals surface area contributed by atoms with Crippen LogP contribution in [0.2, 0.25) is 0 Å². The lowest BCUT2D eigenvalue weighted by atomic mass is 10.0. The van der Waals surface area contributed by atoms with Crippen LogP contribution in [-0.4, -0.2) is 51.7 Å². The molecule has 1 saturated heterocycles. The van der Waals surface area contributed by atoms with Gasteiger partial charge in [0.1, 0.15) is 11.4 Å². The van der Waals surface area contributed by atoms with Crippen LogP contribution in [0.5, 0.6) is 0 Å². The lowest BCUT2D eigenvalue weighted by molar-refractivity contribution is 0.0240. The Bertz CT molecular complexity index is 751. The topological polar surface area (TPSA) is 61.9 Å². The molecular formula is C21H34FN3O3S. The molecule has 0 saturated carbocycles. The molecule has 2 rings (SSSR count). The monoisotopic (exact) mass is 427 g/mol. The number of carbonyl (C=O) groups excluding carboxylic acids is 1. The number of carbonyl (C=O) groups is 1. The zero-order chi connectivity index (χ0) is 22.0. The third-order valence-electron chi connectivity index (χ3n) is 4.57. The summed E-state index contributed by atoms with van der Waals surface area (Å²) in [5.41, 5.74) is 1.12. The lowest BCUT2D eigenvalue weighted by Crippen LogP contribution is -2.50. The number of benzene rings is 1. The van der Waals surface area contributed by atoms with Gasteiger partial charge in [-0.3, -0.25) is 0 Å². The zero-order valence-corrected chi connectivity index (χ0v) is 19.4. The number of nitrogens with one attached hydrogen (secondary N) is 1. The van der Waals surface area contributed by atoms with E-state index in [2.05, 4.69) is 9.62 Å². The maximum Gasteiger partial charge on any atom is 0.410 e. The molecule has 1 aromatic carbocycles. The molecule has 0 aliphatic carbocycles. The second-order valence-electron chi connectivity index (χ2n) is 9.38. The molecule has 8 heteroatoms. The van der Waals surface area contributed by atoms with Crippen molar-refractivity contribution in [3.63, 3.8) is 0 Å². The molecule has 1 aliphatic heterocycles. The molecule has 1 N–H and O–H groups in total. The van der Waals surface area contributed by atoms with Gasteiger partial charge in [-0.2, -0.15) is 0 Å². The Balaban J connectivity index is 2.12. The Labute approximate surface area is 176 Å². The van der Waals surface area contributed by atoms with Crippen LogP contribution in [0.15, 0.2) is 18.2 Å². The van der Waals surface area contributed by atoms with E-state index >= 15 is 0 Å². The van der Waals surface area contributed by atoms with Crippen molar-refractivity contribution in [3.8, 4) is 0 Å². The summed E-state index contributed by atoms with van der Waals surface area (Å²) in [5, 5.41) is 0. The van der Waals surface area contributed by atoms with Gasteiger partial charge in [0.05, 0.1) is 15.7 Å². The van der Waals surface area contributed by atoms with E-state index in [1.54, 1.807) is 11.0 Å². The molecule has 6 nitrogen and oxygen atoms in total. The van der Waals surface area contributed by atoms with Crippen molar-refractivity contribution in [3.05, 3.63) is 29.6 Å². The average Bonchev–Trinajstić information content (AvgIpc) is 2.59. The number of amides is 1. The van der Waals surface area contributed by atoms with Gasteiger partial charge in [-0.25, -0.2) is 18.1 Å². The van der Waals surface area contributed by atoms with Crippen LogP contribution in [0.4, 0.5) is 14.9 Å². The molecule has 0 aromatic heterocycles. The first-order chi connectivity index (χ1) is 13.3. The SMILES string of the molecule is C[C@@H](N[S@](=O)C(C)(C)C)c1cc(F)ccc1N1CCN(C(=O)OC(C)(C)C)CC1. The molecule has 1 aliphatic rings. The number of anilines is 1. The van der Waals surface area contributed by atoms with Gasteiger partial charge in [0, 0.05) is 37.9 Å². The fourth-order valence-electron chi connectivity index (χ4n) is 3.02. The molecule has 164 valence electrons. The van der Waals surface area contributed by atoms with Gasteiger partial charge in [0.15, 0.2) is 0 Å². The van der Waals surface area contributed by atoms with Gasteiger partial charge in [0.2, 0.25) is 0 Å². The summed E-state index contributed by atoms with van der Waals surface area (Å²) in [6, 6.07) is 4.40. The smallest absolute Gasteiger partial charge is 0.410 e. The van der Waals surface area contributed by atoms with Crippen LogP contribution in [0.3, 0.4) is 0 Å². The first-order valence-electron chi connectivity index (χ1n) is 9.98. The molecule has 1 heterocycles.